The number of nitrogens with zero attached hydrogens (tertiary/aromatic N) is 5. The zero-order valence-electron chi connectivity index (χ0n) is 15.5. The zero-order valence-corrected chi connectivity index (χ0v) is 17.8. The summed E-state index contributed by atoms with van der Waals surface area (Å²) < 4.78 is 3.99. The first-order valence-corrected chi connectivity index (χ1v) is 8.79. The fourth-order valence-corrected chi connectivity index (χ4v) is 2.64. The number of benzene rings is 1. The molecule has 3 aromatic rings. The summed E-state index contributed by atoms with van der Waals surface area (Å²) in [5, 5.41) is 10.9. The summed E-state index contributed by atoms with van der Waals surface area (Å²) in [6, 6.07) is 10.5. The monoisotopic (exact) mass is 479 g/mol. The maximum atomic E-state index is 4.27. The molecule has 2 N–H and O–H groups in total. The maximum absolute atomic E-state index is 4.27. The Bertz CT molecular complexity index is 780. The normalized spacial score (nSPS) is 11.1. The van der Waals surface area contributed by atoms with E-state index in [0.717, 1.165) is 38.6 Å². The van der Waals surface area contributed by atoms with Crippen molar-refractivity contribution in [3.8, 4) is 0 Å². The number of guanidine groups is 1. The number of imidazole rings is 1. The van der Waals surface area contributed by atoms with E-state index >= 15 is 0 Å². The number of aromatic nitrogens is 4. The average Bonchev–Trinajstić information content (AvgIpc) is 3.36. The van der Waals surface area contributed by atoms with Gasteiger partial charge >= 0.3 is 0 Å². The van der Waals surface area contributed by atoms with Gasteiger partial charge in [-0.3, -0.25) is 9.67 Å². The molecule has 0 amide bonds. The number of halogens is 1. The Kier molecular flexibility index (Phi) is 8.82. The minimum Gasteiger partial charge on any atom is -0.356 e. The maximum Gasteiger partial charge on any atom is 0.191 e. The van der Waals surface area contributed by atoms with Gasteiger partial charge in [-0.15, -0.1) is 24.0 Å². The molecule has 0 saturated carbocycles. The van der Waals surface area contributed by atoms with Crippen molar-refractivity contribution in [1.82, 2.24) is 30.0 Å². The lowest BCUT2D eigenvalue weighted by Crippen LogP contribution is -2.37. The van der Waals surface area contributed by atoms with E-state index < -0.39 is 0 Å². The summed E-state index contributed by atoms with van der Waals surface area (Å²) in [5.74, 6) is 0.813. The largest absolute Gasteiger partial charge is 0.356 e. The summed E-state index contributed by atoms with van der Waals surface area (Å²) in [4.78, 5) is 8.33. The Morgan fingerprint density at radius 1 is 1.07 bits per heavy atom. The second kappa shape index (κ2) is 11.4. The smallest absolute Gasteiger partial charge is 0.191 e. The van der Waals surface area contributed by atoms with E-state index in [9.17, 15) is 0 Å². The summed E-state index contributed by atoms with van der Waals surface area (Å²) in [6.07, 6.45) is 10.4. The summed E-state index contributed by atoms with van der Waals surface area (Å²) in [6.45, 7) is 3.33. The molecule has 0 bridgehead atoms. The van der Waals surface area contributed by atoms with Gasteiger partial charge in [0.15, 0.2) is 5.96 Å². The molecule has 1 aromatic carbocycles. The van der Waals surface area contributed by atoms with Crippen LogP contribution in [0.1, 0.15) is 17.5 Å². The van der Waals surface area contributed by atoms with Gasteiger partial charge in [-0.1, -0.05) is 24.3 Å². The van der Waals surface area contributed by atoms with Crippen molar-refractivity contribution in [1.29, 1.82) is 0 Å². The van der Waals surface area contributed by atoms with Crippen molar-refractivity contribution >= 4 is 29.9 Å². The number of aliphatic imine (C=N–C) groups is 1. The summed E-state index contributed by atoms with van der Waals surface area (Å²) >= 11 is 0. The standard InChI is InChI=1S/C19H25N7.HI/c1-20-19(22-8-2-11-26-12-3-9-24-26)23-14-17-4-6-18(7-5-17)15-25-13-10-21-16-25;/h3-7,9-10,12-13,16H,2,8,11,14-15H2,1H3,(H2,20,22,23);1H. The lowest BCUT2D eigenvalue weighted by Gasteiger charge is -2.12. The van der Waals surface area contributed by atoms with E-state index in [1.807, 2.05) is 29.5 Å². The van der Waals surface area contributed by atoms with Crippen LogP contribution in [0.3, 0.4) is 0 Å². The molecule has 0 atom stereocenters. The highest BCUT2D eigenvalue weighted by Crippen LogP contribution is 2.06. The zero-order chi connectivity index (χ0) is 18.0. The summed E-state index contributed by atoms with van der Waals surface area (Å²) in [5.41, 5.74) is 2.48. The molecule has 8 heteroatoms. The van der Waals surface area contributed by atoms with Gasteiger partial charge in [0.05, 0.1) is 6.33 Å². The molecule has 27 heavy (non-hydrogen) atoms. The Morgan fingerprint density at radius 3 is 2.56 bits per heavy atom. The lowest BCUT2D eigenvalue weighted by molar-refractivity contribution is 0.570. The Labute approximate surface area is 176 Å². The van der Waals surface area contributed by atoms with E-state index in [4.69, 9.17) is 0 Å². The molecule has 0 radical (unpaired) electrons. The van der Waals surface area contributed by atoms with Crippen LogP contribution >= 0.6 is 24.0 Å². The molecule has 144 valence electrons. The fraction of sp³-hybridized carbons (Fsp3) is 0.316. The lowest BCUT2D eigenvalue weighted by atomic mass is 10.1. The first-order valence-electron chi connectivity index (χ1n) is 8.79. The molecular weight excluding hydrogens is 453 g/mol. The van der Waals surface area contributed by atoms with Gasteiger partial charge in [-0.2, -0.15) is 5.10 Å². The van der Waals surface area contributed by atoms with Gasteiger partial charge in [0, 0.05) is 58.0 Å². The Balaban J connectivity index is 0.00000261. The van der Waals surface area contributed by atoms with Crippen molar-refractivity contribution in [2.75, 3.05) is 13.6 Å². The van der Waals surface area contributed by atoms with Crippen LogP contribution in [-0.2, 0) is 19.6 Å². The predicted octanol–water partition coefficient (Wildman–Crippen LogP) is 2.50. The topological polar surface area (TPSA) is 72.1 Å². The number of nitrogens with one attached hydrogen (secondary N) is 2. The minimum atomic E-state index is 0. The molecule has 0 fully saturated rings. The number of rotatable bonds is 8. The molecule has 0 spiro atoms. The van der Waals surface area contributed by atoms with Crippen LogP contribution in [0.4, 0.5) is 0 Å². The fourth-order valence-electron chi connectivity index (χ4n) is 2.64. The van der Waals surface area contributed by atoms with Gasteiger partial charge in [-0.05, 0) is 23.6 Å². The molecule has 3 rings (SSSR count). The average molecular weight is 479 g/mol. The van der Waals surface area contributed by atoms with Crippen molar-refractivity contribution in [3.63, 3.8) is 0 Å². The van der Waals surface area contributed by atoms with Crippen LogP contribution in [-0.4, -0.2) is 38.9 Å². The Hall–Kier alpha value is -2.36. The van der Waals surface area contributed by atoms with E-state index in [-0.39, 0.29) is 24.0 Å². The van der Waals surface area contributed by atoms with Gasteiger partial charge in [0.25, 0.3) is 0 Å². The Morgan fingerprint density at radius 2 is 1.89 bits per heavy atom. The molecule has 0 aliphatic heterocycles. The van der Waals surface area contributed by atoms with Gasteiger partial charge in [0.1, 0.15) is 0 Å². The summed E-state index contributed by atoms with van der Waals surface area (Å²) in [7, 11) is 1.79. The van der Waals surface area contributed by atoms with Crippen LogP contribution in [0.5, 0.6) is 0 Å². The van der Waals surface area contributed by atoms with Crippen molar-refractivity contribution < 1.29 is 0 Å². The first-order chi connectivity index (χ1) is 12.8. The third-order valence-corrected chi connectivity index (χ3v) is 4.05. The quantitative estimate of drug-likeness (QED) is 0.226. The molecule has 7 nitrogen and oxygen atoms in total. The molecule has 0 unspecified atom stereocenters. The molecule has 2 heterocycles. The molecule has 0 saturated heterocycles. The van der Waals surface area contributed by atoms with E-state index in [1.165, 1.54) is 11.1 Å². The first kappa shape index (κ1) is 20.9. The van der Waals surface area contributed by atoms with E-state index in [2.05, 4.69) is 54.5 Å². The van der Waals surface area contributed by atoms with Gasteiger partial charge in [-0.25, -0.2) is 4.98 Å². The van der Waals surface area contributed by atoms with Crippen LogP contribution in [0, 0.1) is 0 Å². The highest BCUT2D eigenvalue weighted by atomic mass is 127. The molecule has 0 aliphatic rings. The molecule has 2 aromatic heterocycles. The third-order valence-electron chi connectivity index (χ3n) is 4.05. The van der Waals surface area contributed by atoms with Crippen LogP contribution in [0.2, 0.25) is 0 Å². The number of hydrogen-bond acceptors (Lipinski definition) is 3. The highest BCUT2D eigenvalue weighted by molar-refractivity contribution is 14.0. The van der Waals surface area contributed by atoms with Crippen molar-refractivity contribution in [2.24, 2.45) is 4.99 Å². The van der Waals surface area contributed by atoms with Crippen LogP contribution < -0.4 is 10.6 Å². The second-order valence-corrected chi connectivity index (χ2v) is 6.03. The SMILES string of the molecule is CN=C(NCCCn1cccn1)NCc1ccc(Cn2ccnc2)cc1.I. The van der Waals surface area contributed by atoms with E-state index in [0.29, 0.717) is 0 Å². The van der Waals surface area contributed by atoms with Crippen molar-refractivity contribution in [2.45, 2.75) is 26.1 Å². The minimum absolute atomic E-state index is 0. The van der Waals surface area contributed by atoms with Crippen molar-refractivity contribution in [3.05, 3.63) is 72.6 Å². The second-order valence-electron chi connectivity index (χ2n) is 6.03. The van der Waals surface area contributed by atoms with Crippen LogP contribution in [0.15, 0.2) is 66.4 Å². The van der Waals surface area contributed by atoms with Crippen LogP contribution in [0.25, 0.3) is 0 Å². The van der Waals surface area contributed by atoms with Gasteiger partial charge < -0.3 is 15.2 Å². The third kappa shape index (κ3) is 7.05. The molecular formula is C19H26IN7. The predicted molar refractivity (Wildman–Crippen MR) is 118 cm³/mol. The number of aryl methyl sites for hydroxylation is 1. The molecule has 0 aliphatic carbocycles. The van der Waals surface area contributed by atoms with E-state index in [1.54, 1.807) is 19.4 Å². The number of hydrogen-bond donors (Lipinski definition) is 2. The highest BCUT2D eigenvalue weighted by Gasteiger charge is 2.00. The van der Waals surface area contributed by atoms with Gasteiger partial charge in [0.2, 0.25) is 0 Å².